The molecule has 0 spiro atoms. The van der Waals surface area contributed by atoms with Crippen LogP contribution >= 0.6 is 0 Å². The second kappa shape index (κ2) is 11.1. The Morgan fingerprint density at radius 2 is 2.06 bits per heavy atom. The second-order valence-electron chi connectivity index (χ2n) is 8.44. The topological polar surface area (TPSA) is 101 Å². The van der Waals surface area contributed by atoms with E-state index in [4.69, 9.17) is 9.84 Å². The van der Waals surface area contributed by atoms with Crippen LogP contribution in [0.1, 0.15) is 53.8 Å². The number of hydrogen-bond donors (Lipinski definition) is 1. The molecule has 0 atom stereocenters. The highest BCUT2D eigenvalue weighted by Crippen LogP contribution is 2.30. The van der Waals surface area contributed by atoms with Crippen LogP contribution < -0.4 is 9.64 Å². The summed E-state index contributed by atoms with van der Waals surface area (Å²) in [5.41, 5.74) is 2.08. The predicted octanol–water partition coefficient (Wildman–Crippen LogP) is 2.25. The van der Waals surface area contributed by atoms with Crippen molar-refractivity contribution in [2.75, 3.05) is 38.8 Å². The van der Waals surface area contributed by atoms with E-state index in [9.17, 15) is 9.59 Å². The minimum atomic E-state index is -0.287. The van der Waals surface area contributed by atoms with Gasteiger partial charge in [0.05, 0.1) is 13.2 Å². The first-order valence-electron chi connectivity index (χ1n) is 11.1. The number of anilines is 1. The third-order valence-corrected chi connectivity index (χ3v) is 5.84. The highest BCUT2D eigenvalue weighted by atomic mass is 16.5. The Hall–Kier alpha value is -2.94. The van der Waals surface area contributed by atoms with Gasteiger partial charge in [-0.25, -0.2) is 0 Å². The summed E-state index contributed by atoms with van der Waals surface area (Å²) in [5.74, 6) is 0.438. The molecule has 0 aromatic carbocycles. The van der Waals surface area contributed by atoms with Crippen LogP contribution in [0.25, 0.3) is 0 Å². The van der Waals surface area contributed by atoms with Crippen molar-refractivity contribution >= 4 is 18.1 Å². The molecule has 1 aliphatic rings. The molecule has 174 valence electrons. The van der Waals surface area contributed by atoms with E-state index in [1.165, 1.54) is 22.6 Å². The van der Waals surface area contributed by atoms with Crippen LogP contribution in [0.4, 0.5) is 5.82 Å². The molecule has 0 bridgehead atoms. The minimum Gasteiger partial charge on any atom is -0.464 e. The molecule has 0 radical (unpaired) electrons. The van der Waals surface area contributed by atoms with Crippen LogP contribution in [0, 0.1) is 12.8 Å². The van der Waals surface area contributed by atoms with Gasteiger partial charge < -0.3 is 19.6 Å². The van der Waals surface area contributed by atoms with Crippen molar-refractivity contribution in [1.82, 2.24) is 19.4 Å². The molecule has 2 aromatic rings. The van der Waals surface area contributed by atoms with Gasteiger partial charge >= 0.3 is 0 Å². The van der Waals surface area contributed by atoms with E-state index < -0.39 is 0 Å². The van der Waals surface area contributed by atoms with Crippen molar-refractivity contribution < 1.29 is 19.4 Å². The molecule has 32 heavy (non-hydrogen) atoms. The lowest BCUT2D eigenvalue weighted by atomic mass is 10.1. The number of aryl methyl sites for hydroxylation is 1. The molecule has 3 rings (SSSR count). The molecule has 0 saturated heterocycles. The number of aromatic nitrogens is 3. The van der Waals surface area contributed by atoms with Crippen molar-refractivity contribution in [1.29, 1.82) is 0 Å². The predicted molar refractivity (Wildman–Crippen MR) is 121 cm³/mol. The number of amides is 2. The van der Waals surface area contributed by atoms with Gasteiger partial charge in [0.1, 0.15) is 0 Å². The summed E-state index contributed by atoms with van der Waals surface area (Å²) < 4.78 is 7.85. The number of nitrogens with zero attached hydrogens (tertiary/aromatic N) is 5. The van der Waals surface area contributed by atoms with Crippen LogP contribution in [0.15, 0.2) is 18.3 Å². The van der Waals surface area contributed by atoms with Gasteiger partial charge in [0, 0.05) is 39.1 Å². The maximum Gasteiger partial charge on any atom is 0.299 e. The molecular formula is C23H33N5O4. The number of imidazole rings is 1. The summed E-state index contributed by atoms with van der Waals surface area (Å²) in [6.45, 7) is 3.15. The first kappa shape index (κ1) is 23.7. The van der Waals surface area contributed by atoms with Gasteiger partial charge in [-0.1, -0.05) is 18.9 Å². The summed E-state index contributed by atoms with van der Waals surface area (Å²) in [6, 6.07) is 4.19. The smallest absolute Gasteiger partial charge is 0.299 e. The lowest BCUT2D eigenvalue weighted by Crippen LogP contribution is -2.32. The van der Waals surface area contributed by atoms with Crippen LogP contribution in [0.5, 0.6) is 6.01 Å². The number of ether oxygens (including phenoxy) is 1. The zero-order valence-electron chi connectivity index (χ0n) is 19.2. The Bertz CT molecular complexity index is 906. The van der Waals surface area contributed by atoms with E-state index in [1.807, 2.05) is 19.1 Å². The number of pyridine rings is 1. The summed E-state index contributed by atoms with van der Waals surface area (Å²) in [7, 11) is 3.24. The number of carbonyl (C=O) groups excluding carboxylic acids is 2. The minimum absolute atomic E-state index is 0.0111. The third-order valence-electron chi connectivity index (χ3n) is 5.84. The van der Waals surface area contributed by atoms with E-state index in [1.54, 1.807) is 24.9 Å². The van der Waals surface area contributed by atoms with E-state index in [0.717, 1.165) is 24.1 Å². The van der Waals surface area contributed by atoms with Gasteiger partial charge in [0.15, 0.2) is 11.5 Å². The molecule has 9 nitrogen and oxygen atoms in total. The normalized spacial score (nSPS) is 13.9. The number of carbonyl (C=O) groups is 2. The van der Waals surface area contributed by atoms with E-state index in [2.05, 4.69) is 9.97 Å². The highest BCUT2D eigenvalue weighted by molar-refractivity contribution is 5.99. The molecule has 1 saturated carbocycles. The average molecular weight is 444 g/mol. The fourth-order valence-electron chi connectivity index (χ4n) is 3.92. The van der Waals surface area contributed by atoms with Gasteiger partial charge in [-0.15, -0.1) is 0 Å². The van der Waals surface area contributed by atoms with Crippen molar-refractivity contribution in [3.05, 3.63) is 35.3 Å². The number of aliphatic hydroxyl groups excluding tert-OH is 1. The van der Waals surface area contributed by atoms with Crippen LogP contribution in [-0.4, -0.2) is 70.7 Å². The molecule has 2 amide bonds. The maximum absolute atomic E-state index is 13.4. The Morgan fingerprint density at radius 3 is 2.69 bits per heavy atom. The third kappa shape index (κ3) is 5.64. The largest absolute Gasteiger partial charge is 0.464 e. The molecular weight excluding hydrogens is 410 g/mol. The Balaban J connectivity index is 2.01. The van der Waals surface area contributed by atoms with Crippen LogP contribution in [-0.2, 0) is 11.3 Å². The lowest BCUT2D eigenvalue weighted by molar-refractivity contribution is -0.107. The van der Waals surface area contributed by atoms with Crippen molar-refractivity contribution in [2.45, 2.75) is 45.6 Å². The molecule has 9 heteroatoms. The average Bonchev–Trinajstić information content (AvgIpc) is 3.44. The van der Waals surface area contributed by atoms with Crippen molar-refractivity contribution in [2.24, 2.45) is 5.92 Å². The molecule has 1 fully saturated rings. The van der Waals surface area contributed by atoms with Crippen LogP contribution in [0.3, 0.4) is 0 Å². The summed E-state index contributed by atoms with van der Waals surface area (Å²) in [4.78, 5) is 36.7. The maximum atomic E-state index is 13.4. The molecule has 1 N–H and O–H groups in total. The fraction of sp³-hybridized carbons (Fsp3) is 0.565. The number of rotatable bonds is 11. The van der Waals surface area contributed by atoms with Crippen molar-refractivity contribution in [3.63, 3.8) is 0 Å². The first-order valence-corrected chi connectivity index (χ1v) is 11.1. The Kier molecular flexibility index (Phi) is 8.21. The molecule has 0 aliphatic heterocycles. The fourth-order valence-corrected chi connectivity index (χ4v) is 3.92. The van der Waals surface area contributed by atoms with Crippen LogP contribution in [0.2, 0.25) is 0 Å². The van der Waals surface area contributed by atoms with E-state index in [0.29, 0.717) is 44.5 Å². The molecule has 0 unspecified atom stereocenters. The zero-order valence-corrected chi connectivity index (χ0v) is 19.2. The van der Waals surface area contributed by atoms with Gasteiger partial charge in [-0.05, 0) is 43.7 Å². The SMILES string of the molecule is Cc1ccc(Cn2c(OCC3CCCC3)nc(N(C)C=O)c2C(=O)N(C)CCCO)cn1. The Labute approximate surface area is 189 Å². The first-order chi connectivity index (χ1) is 15.4. The van der Waals surface area contributed by atoms with Gasteiger partial charge in [0.2, 0.25) is 6.41 Å². The van der Waals surface area contributed by atoms with E-state index in [-0.39, 0.29) is 24.0 Å². The monoisotopic (exact) mass is 443 g/mol. The number of aliphatic hydroxyl groups is 1. The van der Waals surface area contributed by atoms with Crippen molar-refractivity contribution in [3.8, 4) is 6.01 Å². The quantitative estimate of drug-likeness (QED) is 0.535. The van der Waals surface area contributed by atoms with E-state index >= 15 is 0 Å². The van der Waals surface area contributed by atoms with Gasteiger partial charge in [-0.2, -0.15) is 4.98 Å². The zero-order chi connectivity index (χ0) is 23.1. The summed E-state index contributed by atoms with van der Waals surface area (Å²) in [5, 5.41) is 9.16. The highest BCUT2D eigenvalue weighted by Gasteiger charge is 2.29. The Morgan fingerprint density at radius 1 is 1.31 bits per heavy atom. The molecule has 1 aliphatic carbocycles. The lowest BCUT2D eigenvalue weighted by Gasteiger charge is -2.20. The summed E-state index contributed by atoms with van der Waals surface area (Å²) in [6.07, 6.45) is 7.52. The van der Waals surface area contributed by atoms with Gasteiger partial charge in [0.25, 0.3) is 11.9 Å². The number of hydrogen-bond acceptors (Lipinski definition) is 6. The molecule has 2 heterocycles. The second-order valence-corrected chi connectivity index (χ2v) is 8.44. The standard InChI is InChI=1S/C23H33N5O4/c1-17-9-10-19(13-24-17)14-28-20(22(31)26(2)11-6-12-29)21(27(3)16-30)25-23(28)32-15-18-7-4-5-8-18/h9-10,13,16,18,29H,4-8,11-12,14-15H2,1-3H3. The van der Waals surface area contributed by atoms with Gasteiger partial charge in [-0.3, -0.25) is 19.1 Å². The summed E-state index contributed by atoms with van der Waals surface area (Å²) >= 11 is 0. The molecule has 2 aromatic heterocycles.